The first-order chi connectivity index (χ1) is 13.9. The molecule has 146 valence electrons. The molecule has 0 aliphatic heterocycles. The van der Waals surface area contributed by atoms with Gasteiger partial charge in [0.15, 0.2) is 11.3 Å². The Labute approximate surface area is 165 Å². The fourth-order valence-corrected chi connectivity index (χ4v) is 4.11. The monoisotopic (exact) mass is 410 g/mol. The molecule has 0 radical (unpaired) electrons. The normalized spacial score (nSPS) is 11.5. The van der Waals surface area contributed by atoms with E-state index < -0.39 is 21.6 Å². The van der Waals surface area contributed by atoms with Crippen LogP contribution in [0.5, 0.6) is 0 Å². The van der Waals surface area contributed by atoms with E-state index in [9.17, 15) is 17.6 Å². The molecule has 0 fully saturated rings. The number of hydrogen-bond donors (Lipinski definition) is 1. The quantitative estimate of drug-likeness (QED) is 0.542. The lowest BCUT2D eigenvalue weighted by Crippen LogP contribution is -2.22. The SMILES string of the molecule is O=C(NCc1ccc(S(=O)(=O)c2cccc(F)c2)cc1)c1cc2ccncc2o1. The number of rotatable bonds is 5. The highest BCUT2D eigenvalue weighted by molar-refractivity contribution is 7.91. The Morgan fingerprint density at radius 3 is 2.55 bits per heavy atom. The maximum Gasteiger partial charge on any atom is 0.287 e. The van der Waals surface area contributed by atoms with Gasteiger partial charge in [-0.2, -0.15) is 0 Å². The van der Waals surface area contributed by atoms with E-state index in [1.54, 1.807) is 30.5 Å². The highest BCUT2D eigenvalue weighted by Gasteiger charge is 2.18. The number of nitrogens with one attached hydrogen (secondary N) is 1. The van der Waals surface area contributed by atoms with Gasteiger partial charge in [0, 0.05) is 18.1 Å². The molecule has 6 nitrogen and oxygen atoms in total. The summed E-state index contributed by atoms with van der Waals surface area (Å²) in [5.41, 5.74) is 1.22. The smallest absolute Gasteiger partial charge is 0.287 e. The molecule has 0 aliphatic carbocycles. The molecule has 0 bridgehead atoms. The second-order valence-electron chi connectivity index (χ2n) is 6.31. The molecule has 0 saturated heterocycles. The van der Waals surface area contributed by atoms with Gasteiger partial charge in [0.1, 0.15) is 5.82 Å². The van der Waals surface area contributed by atoms with Gasteiger partial charge in [-0.25, -0.2) is 12.8 Å². The number of benzene rings is 2. The predicted molar refractivity (Wildman–Crippen MR) is 103 cm³/mol. The Kier molecular flexibility index (Phi) is 4.85. The molecule has 2 heterocycles. The van der Waals surface area contributed by atoms with E-state index in [1.165, 1.54) is 36.5 Å². The Balaban J connectivity index is 1.46. The van der Waals surface area contributed by atoms with Crippen LogP contribution in [0.15, 0.2) is 87.3 Å². The number of pyridine rings is 1. The van der Waals surface area contributed by atoms with Crippen LogP contribution in [-0.4, -0.2) is 19.3 Å². The fraction of sp³-hybridized carbons (Fsp3) is 0.0476. The summed E-state index contributed by atoms with van der Waals surface area (Å²) in [7, 11) is -3.82. The Morgan fingerprint density at radius 2 is 1.83 bits per heavy atom. The molecule has 0 atom stereocenters. The van der Waals surface area contributed by atoms with Gasteiger partial charge in [-0.05, 0) is 48.0 Å². The van der Waals surface area contributed by atoms with Crippen molar-refractivity contribution in [3.63, 3.8) is 0 Å². The zero-order valence-corrected chi connectivity index (χ0v) is 15.8. The largest absolute Gasteiger partial charge is 0.449 e. The van der Waals surface area contributed by atoms with E-state index in [4.69, 9.17) is 4.42 Å². The number of amides is 1. The molecule has 1 amide bonds. The van der Waals surface area contributed by atoms with Gasteiger partial charge in [0.2, 0.25) is 9.84 Å². The van der Waals surface area contributed by atoms with E-state index in [0.29, 0.717) is 11.1 Å². The number of sulfone groups is 1. The third-order valence-corrected chi connectivity index (χ3v) is 6.11. The third-order valence-electron chi connectivity index (χ3n) is 4.34. The van der Waals surface area contributed by atoms with Crippen molar-refractivity contribution in [1.82, 2.24) is 10.3 Å². The van der Waals surface area contributed by atoms with E-state index in [0.717, 1.165) is 11.5 Å². The second-order valence-corrected chi connectivity index (χ2v) is 8.26. The summed E-state index contributed by atoms with van der Waals surface area (Å²) in [5, 5.41) is 3.50. The summed E-state index contributed by atoms with van der Waals surface area (Å²) in [5.74, 6) is -0.845. The van der Waals surface area contributed by atoms with Gasteiger partial charge in [-0.1, -0.05) is 18.2 Å². The summed E-state index contributed by atoms with van der Waals surface area (Å²) >= 11 is 0. The van der Waals surface area contributed by atoms with Crippen LogP contribution in [-0.2, 0) is 16.4 Å². The first kappa shape index (κ1) is 18.8. The number of carbonyl (C=O) groups is 1. The number of hydrogen-bond acceptors (Lipinski definition) is 5. The summed E-state index contributed by atoms with van der Waals surface area (Å²) in [4.78, 5) is 16.1. The average molecular weight is 410 g/mol. The predicted octanol–water partition coefficient (Wildman–Crippen LogP) is 3.73. The van der Waals surface area contributed by atoms with Crippen LogP contribution >= 0.6 is 0 Å². The minimum Gasteiger partial charge on any atom is -0.449 e. The maximum atomic E-state index is 13.3. The molecule has 2 aromatic carbocycles. The standard InChI is InChI=1S/C21H15FN2O4S/c22-16-2-1-3-18(11-16)29(26,27)17-6-4-14(5-7-17)12-24-21(25)19-10-15-8-9-23-13-20(15)28-19/h1-11,13H,12H2,(H,24,25). The van der Waals surface area contributed by atoms with E-state index in [-0.39, 0.29) is 22.1 Å². The minimum atomic E-state index is -3.82. The van der Waals surface area contributed by atoms with Crippen LogP contribution < -0.4 is 5.32 Å². The average Bonchev–Trinajstić information content (AvgIpc) is 3.17. The number of halogens is 1. The fourth-order valence-electron chi connectivity index (χ4n) is 2.82. The topological polar surface area (TPSA) is 89.3 Å². The third kappa shape index (κ3) is 3.88. The number of carbonyl (C=O) groups excluding carboxylic acids is 1. The molecule has 0 aliphatic rings. The zero-order valence-electron chi connectivity index (χ0n) is 15.0. The summed E-state index contributed by atoms with van der Waals surface area (Å²) in [6, 6.07) is 14.3. The van der Waals surface area contributed by atoms with Crippen molar-refractivity contribution >= 4 is 26.7 Å². The number of nitrogens with zero attached hydrogens (tertiary/aromatic N) is 1. The lowest BCUT2D eigenvalue weighted by atomic mass is 10.2. The zero-order chi connectivity index (χ0) is 20.4. The van der Waals surface area contributed by atoms with Crippen molar-refractivity contribution in [1.29, 1.82) is 0 Å². The number of aromatic nitrogens is 1. The van der Waals surface area contributed by atoms with E-state index in [2.05, 4.69) is 10.3 Å². The number of furan rings is 1. The Hall–Kier alpha value is -3.52. The molecule has 0 spiro atoms. The summed E-state index contributed by atoms with van der Waals surface area (Å²) in [6.07, 6.45) is 3.14. The van der Waals surface area contributed by atoms with Crippen molar-refractivity contribution in [3.8, 4) is 0 Å². The van der Waals surface area contributed by atoms with Crippen molar-refractivity contribution in [3.05, 3.63) is 90.2 Å². The van der Waals surface area contributed by atoms with Crippen molar-refractivity contribution < 1.29 is 22.0 Å². The highest BCUT2D eigenvalue weighted by Crippen LogP contribution is 2.22. The second kappa shape index (κ2) is 7.48. The molecular formula is C21H15FN2O4S. The van der Waals surface area contributed by atoms with Crippen molar-refractivity contribution in [2.75, 3.05) is 0 Å². The van der Waals surface area contributed by atoms with E-state index >= 15 is 0 Å². The van der Waals surface area contributed by atoms with Gasteiger partial charge in [-0.15, -0.1) is 0 Å². The lowest BCUT2D eigenvalue weighted by molar-refractivity contribution is 0.0925. The minimum absolute atomic E-state index is 0.0444. The van der Waals surface area contributed by atoms with Crippen LogP contribution in [0.3, 0.4) is 0 Å². The molecule has 4 aromatic rings. The molecule has 2 aromatic heterocycles. The molecule has 0 saturated carbocycles. The van der Waals surface area contributed by atoms with Crippen LogP contribution in [0.25, 0.3) is 11.0 Å². The Morgan fingerprint density at radius 1 is 1.03 bits per heavy atom. The highest BCUT2D eigenvalue weighted by atomic mass is 32.2. The lowest BCUT2D eigenvalue weighted by Gasteiger charge is -2.07. The van der Waals surface area contributed by atoms with Gasteiger partial charge < -0.3 is 9.73 Å². The molecule has 8 heteroatoms. The van der Waals surface area contributed by atoms with Crippen LogP contribution in [0.4, 0.5) is 4.39 Å². The van der Waals surface area contributed by atoms with Crippen LogP contribution in [0.1, 0.15) is 16.1 Å². The van der Waals surface area contributed by atoms with Crippen LogP contribution in [0.2, 0.25) is 0 Å². The summed E-state index contributed by atoms with van der Waals surface area (Å²) in [6.45, 7) is 0.189. The van der Waals surface area contributed by atoms with Gasteiger partial charge >= 0.3 is 0 Å². The van der Waals surface area contributed by atoms with Gasteiger partial charge in [0.05, 0.1) is 16.0 Å². The van der Waals surface area contributed by atoms with Crippen LogP contribution in [0, 0.1) is 5.82 Å². The molecular weight excluding hydrogens is 395 g/mol. The summed E-state index contributed by atoms with van der Waals surface area (Å²) < 4.78 is 44.0. The van der Waals surface area contributed by atoms with Gasteiger partial charge in [0.25, 0.3) is 5.91 Å². The molecule has 4 rings (SSSR count). The van der Waals surface area contributed by atoms with E-state index in [1.807, 2.05) is 0 Å². The molecule has 1 N–H and O–H groups in total. The molecule has 29 heavy (non-hydrogen) atoms. The Bertz CT molecular complexity index is 1260. The number of fused-ring (bicyclic) bond motifs is 1. The van der Waals surface area contributed by atoms with Gasteiger partial charge in [-0.3, -0.25) is 9.78 Å². The maximum absolute atomic E-state index is 13.3. The van der Waals surface area contributed by atoms with Crippen molar-refractivity contribution in [2.24, 2.45) is 0 Å². The first-order valence-electron chi connectivity index (χ1n) is 8.65. The van der Waals surface area contributed by atoms with Crippen molar-refractivity contribution in [2.45, 2.75) is 16.3 Å². The molecule has 0 unspecified atom stereocenters. The first-order valence-corrected chi connectivity index (χ1v) is 10.1.